The molecule has 4 heteroatoms. The van der Waals surface area contributed by atoms with Crippen LogP contribution in [0, 0.1) is 0 Å². The SMILES string of the molecule is CCOCCn1c(=O)[nH]c2ccccc21. The number of aromatic amines is 1. The molecule has 0 bridgehead atoms. The van der Waals surface area contributed by atoms with Gasteiger partial charge in [0.1, 0.15) is 0 Å². The number of fused-ring (bicyclic) bond motifs is 1. The molecule has 0 radical (unpaired) electrons. The molecule has 0 unspecified atom stereocenters. The van der Waals surface area contributed by atoms with Crippen molar-refractivity contribution in [1.29, 1.82) is 0 Å². The molecule has 0 amide bonds. The van der Waals surface area contributed by atoms with Crippen molar-refractivity contribution in [2.75, 3.05) is 13.2 Å². The number of benzene rings is 1. The van der Waals surface area contributed by atoms with Crippen molar-refractivity contribution < 1.29 is 4.74 Å². The molecular weight excluding hydrogens is 192 g/mol. The zero-order valence-corrected chi connectivity index (χ0v) is 8.69. The highest BCUT2D eigenvalue weighted by atomic mass is 16.5. The Labute approximate surface area is 87.5 Å². The Morgan fingerprint density at radius 2 is 2.20 bits per heavy atom. The van der Waals surface area contributed by atoms with Gasteiger partial charge in [0.15, 0.2) is 0 Å². The summed E-state index contributed by atoms with van der Waals surface area (Å²) in [4.78, 5) is 14.4. The number of nitrogens with one attached hydrogen (secondary N) is 1. The summed E-state index contributed by atoms with van der Waals surface area (Å²) in [6.07, 6.45) is 0. The van der Waals surface area contributed by atoms with Gasteiger partial charge in [-0.25, -0.2) is 4.79 Å². The van der Waals surface area contributed by atoms with Crippen LogP contribution in [0.4, 0.5) is 0 Å². The van der Waals surface area contributed by atoms with Gasteiger partial charge in [-0.15, -0.1) is 0 Å². The van der Waals surface area contributed by atoms with Crippen LogP contribution in [0.25, 0.3) is 11.0 Å². The fraction of sp³-hybridized carbons (Fsp3) is 0.364. The average Bonchev–Trinajstić information content (AvgIpc) is 2.56. The van der Waals surface area contributed by atoms with Crippen LogP contribution < -0.4 is 5.69 Å². The second-order valence-electron chi connectivity index (χ2n) is 3.30. The van der Waals surface area contributed by atoms with E-state index in [1.165, 1.54) is 0 Å². The lowest BCUT2D eigenvalue weighted by molar-refractivity contribution is 0.139. The predicted molar refractivity (Wildman–Crippen MR) is 59.1 cm³/mol. The normalized spacial score (nSPS) is 11.0. The molecule has 80 valence electrons. The zero-order chi connectivity index (χ0) is 10.7. The number of rotatable bonds is 4. The molecule has 0 atom stereocenters. The van der Waals surface area contributed by atoms with Crippen molar-refractivity contribution in [3.63, 3.8) is 0 Å². The third-order valence-corrected chi connectivity index (χ3v) is 2.34. The molecule has 0 saturated heterocycles. The predicted octanol–water partition coefficient (Wildman–Crippen LogP) is 1.37. The molecule has 0 aliphatic rings. The Hall–Kier alpha value is -1.55. The molecule has 0 aliphatic heterocycles. The van der Waals surface area contributed by atoms with Gasteiger partial charge in [-0.3, -0.25) is 4.57 Å². The first kappa shape index (κ1) is 9.98. The maximum Gasteiger partial charge on any atom is 0.326 e. The molecule has 15 heavy (non-hydrogen) atoms. The van der Waals surface area contributed by atoms with Crippen LogP contribution in [0.15, 0.2) is 29.1 Å². The van der Waals surface area contributed by atoms with Gasteiger partial charge in [-0.2, -0.15) is 0 Å². The summed E-state index contributed by atoms with van der Waals surface area (Å²) in [6, 6.07) is 7.66. The highest BCUT2D eigenvalue weighted by Gasteiger charge is 2.04. The number of nitrogens with zero attached hydrogens (tertiary/aromatic N) is 1. The van der Waals surface area contributed by atoms with Crippen molar-refractivity contribution in [3.05, 3.63) is 34.7 Å². The van der Waals surface area contributed by atoms with Gasteiger partial charge in [0, 0.05) is 6.61 Å². The minimum atomic E-state index is -0.0732. The van der Waals surface area contributed by atoms with Crippen molar-refractivity contribution in [2.45, 2.75) is 13.5 Å². The van der Waals surface area contributed by atoms with Gasteiger partial charge in [0.2, 0.25) is 0 Å². The summed E-state index contributed by atoms with van der Waals surface area (Å²) in [6.45, 7) is 3.78. The number of hydrogen-bond acceptors (Lipinski definition) is 2. The molecule has 2 aromatic rings. The number of para-hydroxylation sites is 2. The van der Waals surface area contributed by atoms with E-state index < -0.39 is 0 Å². The van der Waals surface area contributed by atoms with E-state index in [0.717, 1.165) is 11.0 Å². The summed E-state index contributed by atoms with van der Waals surface area (Å²) in [5, 5.41) is 0. The Bertz CT molecular complexity index is 499. The number of H-pyrrole nitrogens is 1. The highest BCUT2D eigenvalue weighted by Crippen LogP contribution is 2.08. The van der Waals surface area contributed by atoms with Crippen LogP contribution in [-0.2, 0) is 11.3 Å². The molecule has 0 aliphatic carbocycles. The molecule has 0 saturated carbocycles. The van der Waals surface area contributed by atoms with Crippen LogP contribution in [0.5, 0.6) is 0 Å². The maximum absolute atomic E-state index is 11.6. The van der Waals surface area contributed by atoms with E-state index in [4.69, 9.17) is 4.74 Å². The fourth-order valence-corrected chi connectivity index (χ4v) is 1.63. The topological polar surface area (TPSA) is 47.0 Å². The zero-order valence-electron chi connectivity index (χ0n) is 8.69. The lowest BCUT2D eigenvalue weighted by atomic mass is 10.3. The summed E-state index contributed by atoms with van der Waals surface area (Å²) < 4.78 is 6.94. The van der Waals surface area contributed by atoms with Crippen molar-refractivity contribution in [3.8, 4) is 0 Å². The minimum absolute atomic E-state index is 0.0732. The largest absolute Gasteiger partial charge is 0.380 e. The molecule has 4 nitrogen and oxygen atoms in total. The fourth-order valence-electron chi connectivity index (χ4n) is 1.63. The molecular formula is C11H14N2O2. The summed E-state index contributed by atoms with van der Waals surface area (Å²) in [7, 11) is 0. The summed E-state index contributed by atoms with van der Waals surface area (Å²) in [5.41, 5.74) is 1.73. The Morgan fingerprint density at radius 1 is 1.40 bits per heavy atom. The number of imidazole rings is 1. The smallest absolute Gasteiger partial charge is 0.326 e. The van der Waals surface area contributed by atoms with Crippen LogP contribution in [0.1, 0.15) is 6.92 Å². The molecule has 0 fully saturated rings. The number of ether oxygens (including phenoxy) is 1. The first-order chi connectivity index (χ1) is 7.33. The second-order valence-corrected chi connectivity index (χ2v) is 3.30. The standard InChI is InChI=1S/C11H14N2O2/c1-2-15-8-7-13-10-6-4-3-5-9(10)12-11(13)14/h3-6H,2,7-8H2,1H3,(H,12,14). The van der Waals surface area contributed by atoms with Gasteiger partial charge in [-0.05, 0) is 19.1 Å². The lowest BCUT2D eigenvalue weighted by Crippen LogP contribution is -2.19. The van der Waals surface area contributed by atoms with Crippen molar-refractivity contribution >= 4 is 11.0 Å². The van der Waals surface area contributed by atoms with Gasteiger partial charge >= 0.3 is 5.69 Å². The van der Waals surface area contributed by atoms with Gasteiger partial charge in [-0.1, -0.05) is 12.1 Å². The third kappa shape index (κ3) is 1.94. The summed E-state index contributed by atoms with van der Waals surface area (Å²) in [5.74, 6) is 0. The molecule has 1 N–H and O–H groups in total. The Balaban J connectivity index is 2.33. The number of aromatic nitrogens is 2. The van der Waals surface area contributed by atoms with Crippen molar-refractivity contribution in [1.82, 2.24) is 9.55 Å². The number of hydrogen-bond donors (Lipinski definition) is 1. The maximum atomic E-state index is 11.6. The van der Waals surface area contributed by atoms with E-state index in [1.807, 2.05) is 31.2 Å². The quantitative estimate of drug-likeness (QED) is 0.768. The Kier molecular flexibility index (Phi) is 2.87. The van der Waals surface area contributed by atoms with E-state index in [1.54, 1.807) is 4.57 Å². The van der Waals surface area contributed by atoms with Crippen LogP contribution >= 0.6 is 0 Å². The first-order valence-electron chi connectivity index (χ1n) is 5.08. The molecule has 1 aromatic carbocycles. The van der Waals surface area contributed by atoms with Gasteiger partial charge < -0.3 is 9.72 Å². The monoisotopic (exact) mass is 206 g/mol. The van der Waals surface area contributed by atoms with Crippen LogP contribution in [0.3, 0.4) is 0 Å². The van der Waals surface area contributed by atoms with E-state index in [-0.39, 0.29) is 5.69 Å². The minimum Gasteiger partial charge on any atom is -0.380 e. The van der Waals surface area contributed by atoms with Crippen LogP contribution in [0.2, 0.25) is 0 Å². The van der Waals surface area contributed by atoms with Crippen molar-refractivity contribution in [2.24, 2.45) is 0 Å². The second kappa shape index (κ2) is 4.31. The van der Waals surface area contributed by atoms with Gasteiger partial charge in [0.25, 0.3) is 0 Å². The van der Waals surface area contributed by atoms with E-state index in [2.05, 4.69) is 4.98 Å². The van der Waals surface area contributed by atoms with E-state index in [9.17, 15) is 4.79 Å². The highest BCUT2D eigenvalue weighted by molar-refractivity contribution is 5.74. The average molecular weight is 206 g/mol. The van der Waals surface area contributed by atoms with E-state index >= 15 is 0 Å². The first-order valence-corrected chi connectivity index (χ1v) is 5.08. The van der Waals surface area contributed by atoms with Gasteiger partial charge in [0.05, 0.1) is 24.2 Å². The Morgan fingerprint density at radius 3 is 3.00 bits per heavy atom. The molecule has 1 aromatic heterocycles. The molecule has 0 spiro atoms. The molecule has 2 rings (SSSR count). The molecule has 1 heterocycles. The van der Waals surface area contributed by atoms with E-state index in [0.29, 0.717) is 19.8 Å². The van der Waals surface area contributed by atoms with Crippen LogP contribution in [-0.4, -0.2) is 22.8 Å². The summed E-state index contributed by atoms with van der Waals surface area (Å²) >= 11 is 0. The third-order valence-electron chi connectivity index (χ3n) is 2.34. The lowest BCUT2D eigenvalue weighted by Gasteiger charge is -2.02.